The van der Waals surface area contributed by atoms with E-state index in [1.54, 1.807) is 18.2 Å². The van der Waals surface area contributed by atoms with Gasteiger partial charge in [-0.05, 0) is 23.6 Å². The third-order valence-corrected chi connectivity index (χ3v) is 2.48. The maximum Gasteiger partial charge on any atom is 0.416 e. The molecule has 0 amide bonds. The molecule has 0 unspecified atom stereocenters. The average molecular weight is 231 g/mol. The van der Waals surface area contributed by atoms with Crippen molar-refractivity contribution in [3.05, 3.63) is 47.0 Å². The van der Waals surface area contributed by atoms with Gasteiger partial charge in [0.15, 0.2) is 0 Å². The van der Waals surface area contributed by atoms with Crippen LogP contribution in [0.3, 0.4) is 0 Å². The molecular weight excluding hydrogens is 225 g/mol. The van der Waals surface area contributed by atoms with Crippen LogP contribution in [0.2, 0.25) is 5.02 Å². The van der Waals surface area contributed by atoms with E-state index in [0.29, 0.717) is 15.8 Å². The maximum atomic E-state index is 12.4. The molecule has 0 fully saturated rings. The molecular formula is C11H6ClF3. The zero-order chi connectivity index (χ0) is 11.1. The lowest BCUT2D eigenvalue weighted by atomic mass is 10.1. The molecule has 0 bridgehead atoms. The number of hydrogen-bond acceptors (Lipinski definition) is 0. The van der Waals surface area contributed by atoms with E-state index in [4.69, 9.17) is 11.6 Å². The molecule has 0 N–H and O–H groups in total. The minimum atomic E-state index is -4.31. The molecule has 0 atom stereocenters. The van der Waals surface area contributed by atoms with Gasteiger partial charge in [-0.25, -0.2) is 0 Å². The Kier molecular flexibility index (Phi) is 2.35. The smallest absolute Gasteiger partial charge is 0.166 e. The van der Waals surface area contributed by atoms with Crippen LogP contribution in [-0.2, 0) is 6.18 Å². The van der Waals surface area contributed by atoms with Crippen molar-refractivity contribution in [2.24, 2.45) is 0 Å². The Balaban J connectivity index is 2.68. The van der Waals surface area contributed by atoms with E-state index in [1.165, 1.54) is 6.07 Å². The molecule has 15 heavy (non-hydrogen) atoms. The summed E-state index contributed by atoms with van der Waals surface area (Å²) in [5, 5.41) is 1.59. The number of halogens is 4. The monoisotopic (exact) mass is 230 g/mol. The molecule has 2 rings (SSSR count). The first kappa shape index (κ1) is 10.3. The average Bonchev–Trinajstić information content (AvgIpc) is 2.16. The van der Waals surface area contributed by atoms with E-state index >= 15 is 0 Å². The highest BCUT2D eigenvalue weighted by molar-refractivity contribution is 6.35. The third kappa shape index (κ3) is 1.92. The summed E-state index contributed by atoms with van der Waals surface area (Å²) in [6.45, 7) is 0. The van der Waals surface area contributed by atoms with Crippen LogP contribution < -0.4 is 0 Å². The van der Waals surface area contributed by atoms with Crippen molar-refractivity contribution in [1.82, 2.24) is 0 Å². The predicted molar refractivity (Wildman–Crippen MR) is 54.0 cm³/mol. The van der Waals surface area contributed by atoms with Crippen LogP contribution in [0.15, 0.2) is 36.4 Å². The molecule has 2 aromatic rings. The lowest BCUT2D eigenvalue weighted by Crippen LogP contribution is -2.04. The van der Waals surface area contributed by atoms with Crippen molar-refractivity contribution in [1.29, 1.82) is 0 Å². The Labute approximate surface area is 89.3 Å². The van der Waals surface area contributed by atoms with Gasteiger partial charge in [0.1, 0.15) is 0 Å². The van der Waals surface area contributed by atoms with Crippen LogP contribution in [-0.4, -0.2) is 0 Å². The fourth-order valence-corrected chi connectivity index (χ4v) is 1.67. The van der Waals surface area contributed by atoms with E-state index in [1.807, 2.05) is 0 Å². The van der Waals surface area contributed by atoms with Gasteiger partial charge in [-0.1, -0.05) is 29.8 Å². The zero-order valence-corrected chi connectivity index (χ0v) is 8.23. The van der Waals surface area contributed by atoms with Gasteiger partial charge in [0.05, 0.1) is 5.56 Å². The van der Waals surface area contributed by atoms with Gasteiger partial charge in [0.2, 0.25) is 0 Å². The van der Waals surface area contributed by atoms with Crippen molar-refractivity contribution in [2.45, 2.75) is 6.18 Å². The van der Waals surface area contributed by atoms with Crippen molar-refractivity contribution < 1.29 is 13.2 Å². The quantitative estimate of drug-likeness (QED) is 0.625. The van der Waals surface area contributed by atoms with Crippen molar-refractivity contribution >= 4 is 22.4 Å². The molecule has 0 aliphatic heterocycles. The van der Waals surface area contributed by atoms with Gasteiger partial charge in [0, 0.05) is 10.4 Å². The summed E-state index contributed by atoms with van der Waals surface area (Å²) in [5.41, 5.74) is -0.655. The second-order valence-electron chi connectivity index (χ2n) is 3.17. The van der Waals surface area contributed by atoms with Crippen LogP contribution in [0.25, 0.3) is 10.8 Å². The Hall–Kier alpha value is -1.22. The topological polar surface area (TPSA) is 0 Å². The number of alkyl halides is 3. The molecule has 0 heterocycles. The van der Waals surface area contributed by atoms with Crippen LogP contribution in [0, 0.1) is 0 Å². The molecule has 0 radical (unpaired) electrons. The fraction of sp³-hybridized carbons (Fsp3) is 0.0909. The zero-order valence-electron chi connectivity index (χ0n) is 7.48. The third-order valence-electron chi connectivity index (χ3n) is 2.15. The van der Waals surface area contributed by atoms with Crippen molar-refractivity contribution in [3.8, 4) is 0 Å². The summed E-state index contributed by atoms with van der Waals surface area (Å²) in [4.78, 5) is 0. The molecule has 0 aromatic heterocycles. The van der Waals surface area contributed by atoms with E-state index in [-0.39, 0.29) is 0 Å². The van der Waals surface area contributed by atoms with Crippen molar-refractivity contribution in [3.63, 3.8) is 0 Å². The Morgan fingerprint density at radius 3 is 2.40 bits per heavy atom. The Bertz CT molecular complexity index is 503. The fourth-order valence-electron chi connectivity index (χ4n) is 1.42. The van der Waals surface area contributed by atoms with Gasteiger partial charge >= 0.3 is 6.18 Å². The van der Waals surface area contributed by atoms with E-state index in [2.05, 4.69) is 0 Å². The Morgan fingerprint density at radius 2 is 1.73 bits per heavy atom. The highest BCUT2D eigenvalue weighted by atomic mass is 35.5. The SMILES string of the molecule is FC(F)(F)c1ccc2c(Cl)cccc2c1. The summed E-state index contributed by atoms with van der Waals surface area (Å²) in [7, 11) is 0. The summed E-state index contributed by atoms with van der Waals surface area (Å²) >= 11 is 5.84. The highest BCUT2D eigenvalue weighted by Gasteiger charge is 2.30. The van der Waals surface area contributed by atoms with Gasteiger partial charge in [-0.15, -0.1) is 0 Å². The Morgan fingerprint density at radius 1 is 1.00 bits per heavy atom. The first-order valence-corrected chi connectivity index (χ1v) is 4.62. The standard InChI is InChI=1S/C11H6ClF3/c12-10-3-1-2-7-6-8(11(13,14)15)4-5-9(7)10/h1-6H. The molecule has 78 valence electrons. The van der Waals surface area contributed by atoms with E-state index in [0.717, 1.165) is 12.1 Å². The van der Waals surface area contributed by atoms with Gasteiger partial charge in [-0.2, -0.15) is 13.2 Å². The minimum absolute atomic E-state index is 0.459. The van der Waals surface area contributed by atoms with E-state index in [9.17, 15) is 13.2 Å². The molecule has 0 saturated carbocycles. The van der Waals surface area contributed by atoms with Gasteiger partial charge < -0.3 is 0 Å². The van der Waals surface area contributed by atoms with Crippen LogP contribution in [0.1, 0.15) is 5.56 Å². The summed E-state index contributed by atoms with van der Waals surface area (Å²) in [6, 6.07) is 8.41. The molecule has 0 saturated heterocycles. The van der Waals surface area contributed by atoms with Crippen LogP contribution in [0.5, 0.6) is 0 Å². The minimum Gasteiger partial charge on any atom is -0.166 e. The van der Waals surface area contributed by atoms with Crippen LogP contribution >= 0.6 is 11.6 Å². The molecule has 0 spiro atoms. The molecule has 0 aliphatic carbocycles. The highest BCUT2D eigenvalue weighted by Crippen LogP contribution is 2.32. The second-order valence-corrected chi connectivity index (χ2v) is 3.58. The summed E-state index contributed by atoms with van der Waals surface area (Å²) in [6.07, 6.45) is -4.31. The number of benzene rings is 2. The number of rotatable bonds is 0. The lowest BCUT2D eigenvalue weighted by Gasteiger charge is -2.08. The number of fused-ring (bicyclic) bond motifs is 1. The van der Waals surface area contributed by atoms with E-state index < -0.39 is 11.7 Å². The molecule has 0 aliphatic rings. The van der Waals surface area contributed by atoms with Crippen molar-refractivity contribution in [2.75, 3.05) is 0 Å². The maximum absolute atomic E-state index is 12.4. The normalized spacial score (nSPS) is 12.0. The molecule has 0 nitrogen and oxygen atoms in total. The van der Waals surface area contributed by atoms with Gasteiger partial charge in [0.25, 0.3) is 0 Å². The van der Waals surface area contributed by atoms with Gasteiger partial charge in [-0.3, -0.25) is 0 Å². The summed E-state index contributed by atoms with van der Waals surface area (Å²) < 4.78 is 37.2. The first-order chi connectivity index (χ1) is 6.98. The molecule has 4 heteroatoms. The second kappa shape index (κ2) is 3.42. The van der Waals surface area contributed by atoms with Crippen LogP contribution in [0.4, 0.5) is 13.2 Å². The predicted octanol–water partition coefficient (Wildman–Crippen LogP) is 4.51. The lowest BCUT2D eigenvalue weighted by molar-refractivity contribution is -0.137. The number of hydrogen-bond donors (Lipinski definition) is 0. The summed E-state index contributed by atoms with van der Waals surface area (Å²) in [5.74, 6) is 0. The first-order valence-electron chi connectivity index (χ1n) is 4.24. The molecule has 2 aromatic carbocycles. The largest absolute Gasteiger partial charge is 0.416 e.